The smallest absolute Gasteiger partial charge is 0.175 e. The molecular formula is C12H15BrFNO3. The fourth-order valence-electron chi connectivity index (χ4n) is 2.04. The molecular weight excluding hydrogens is 305 g/mol. The first-order valence-electron chi connectivity index (χ1n) is 5.61. The van der Waals surface area contributed by atoms with E-state index in [2.05, 4.69) is 21.2 Å². The summed E-state index contributed by atoms with van der Waals surface area (Å²) in [7, 11) is 3.01. The molecule has 1 fully saturated rings. The minimum atomic E-state index is -0.367. The molecule has 0 aromatic heterocycles. The van der Waals surface area contributed by atoms with Gasteiger partial charge in [0.15, 0.2) is 11.5 Å². The molecule has 1 aliphatic rings. The van der Waals surface area contributed by atoms with E-state index in [1.54, 1.807) is 0 Å². The molecule has 1 N–H and O–H groups in total. The lowest BCUT2D eigenvalue weighted by Gasteiger charge is -2.26. The molecule has 0 bridgehead atoms. The van der Waals surface area contributed by atoms with Crippen LogP contribution in [0.1, 0.15) is 11.7 Å². The first-order valence-corrected chi connectivity index (χ1v) is 6.40. The third kappa shape index (κ3) is 2.46. The number of methoxy groups -OCH3 is 2. The number of nitrogens with one attached hydrogen (secondary N) is 1. The Bertz CT molecular complexity index is 436. The SMILES string of the molecule is COc1c(Br)cc(F)c(C2CNCCO2)c1OC. The summed E-state index contributed by atoms with van der Waals surface area (Å²) in [5.41, 5.74) is 0.393. The molecule has 1 aromatic carbocycles. The van der Waals surface area contributed by atoms with E-state index < -0.39 is 0 Å². The van der Waals surface area contributed by atoms with E-state index in [1.807, 2.05) is 0 Å². The van der Waals surface area contributed by atoms with Gasteiger partial charge >= 0.3 is 0 Å². The second-order valence-corrected chi connectivity index (χ2v) is 4.74. The molecule has 1 unspecified atom stereocenters. The summed E-state index contributed by atoms with van der Waals surface area (Å²) in [6, 6.07) is 1.37. The highest BCUT2D eigenvalue weighted by Gasteiger charge is 2.27. The van der Waals surface area contributed by atoms with Crippen molar-refractivity contribution in [2.45, 2.75) is 6.10 Å². The summed E-state index contributed by atoms with van der Waals surface area (Å²) in [4.78, 5) is 0. The molecule has 100 valence electrons. The molecule has 2 rings (SSSR count). The number of morpholine rings is 1. The van der Waals surface area contributed by atoms with Gasteiger partial charge in [0.05, 0.1) is 30.9 Å². The van der Waals surface area contributed by atoms with Crippen LogP contribution in [0.3, 0.4) is 0 Å². The predicted molar refractivity (Wildman–Crippen MR) is 68.8 cm³/mol. The lowest BCUT2D eigenvalue weighted by Crippen LogP contribution is -2.34. The minimum absolute atomic E-state index is 0.365. The van der Waals surface area contributed by atoms with E-state index in [1.165, 1.54) is 20.3 Å². The zero-order valence-corrected chi connectivity index (χ0v) is 11.8. The van der Waals surface area contributed by atoms with Crippen molar-refractivity contribution in [3.63, 3.8) is 0 Å². The lowest BCUT2D eigenvalue weighted by molar-refractivity contribution is 0.0237. The molecule has 1 aromatic rings. The van der Waals surface area contributed by atoms with Gasteiger partial charge in [0.25, 0.3) is 0 Å². The zero-order chi connectivity index (χ0) is 13.1. The summed E-state index contributed by atoms with van der Waals surface area (Å²) in [5, 5.41) is 3.16. The van der Waals surface area contributed by atoms with Crippen LogP contribution in [-0.4, -0.2) is 33.9 Å². The van der Waals surface area contributed by atoms with Crippen molar-refractivity contribution >= 4 is 15.9 Å². The van der Waals surface area contributed by atoms with Gasteiger partial charge in [0, 0.05) is 13.1 Å². The largest absolute Gasteiger partial charge is 0.492 e. The number of rotatable bonds is 3. The summed E-state index contributed by atoms with van der Waals surface area (Å²) >= 11 is 3.26. The molecule has 18 heavy (non-hydrogen) atoms. The number of halogens is 2. The van der Waals surface area contributed by atoms with Crippen LogP contribution in [0.25, 0.3) is 0 Å². The van der Waals surface area contributed by atoms with Crippen LogP contribution >= 0.6 is 15.9 Å². The van der Waals surface area contributed by atoms with Gasteiger partial charge in [-0.25, -0.2) is 4.39 Å². The Kier molecular flexibility index (Phi) is 4.42. The Morgan fingerprint density at radius 2 is 2.11 bits per heavy atom. The van der Waals surface area contributed by atoms with Crippen molar-refractivity contribution in [1.29, 1.82) is 0 Å². The monoisotopic (exact) mass is 319 g/mol. The molecule has 1 heterocycles. The van der Waals surface area contributed by atoms with Crippen LogP contribution < -0.4 is 14.8 Å². The highest BCUT2D eigenvalue weighted by atomic mass is 79.9. The summed E-state index contributed by atoms with van der Waals surface area (Å²) in [6.07, 6.45) is -0.365. The average molecular weight is 320 g/mol. The van der Waals surface area contributed by atoms with E-state index in [0.29, 0.717) is 34.7 Å². The highest BCUT2D eigenvalue weighted by Crippen LogP contribution is 2.43. The molecule has 0 spiro atoms. The Morgan fingerprint density at radius 1 is 1.39 bits per heavy atom. The van der Waals surface area contributed by atoms with Crippen LogP contribution in [0.15, 0.2) is 10.5 Å². The van der Waals surface area contributed by atoms with E-state index >= 15 is 0 Å². The van der Waals surface area contributed by atoms with Gasteiger partial charge in [-0.3, -0.25) is 0 Å². The van der Waals surface area contributed by atoms with Crippen LogP contribution in [0.5, 0.6) is 11.5 Å². The quantitative estimate of drug-likeness (QED) is 0.927. The molecule has 0 radical (unpaired) electrons. The van der Waals surface area contributed by atoms with E-state index in [9.17, 15) is 4.39 Å². The molecule has 6 heteroatoms. The van der Waals surface area contributed by atoms with Crippen LogP contribution in [0.4, 0.5) is 4.39 Å². The van der Waals surface area contributed by atoms with Crippen LogP contribution in [0, 0.1) is 5.82 Å². The molecule has 1 atom stereocenters. The van der Waals surface area contributed by atoms with Gasteiger partial charge in [-0.15, -0.1) is 0 Å². The van der Waals surface area contributed by atoms with Crippen LogP contribution in [-0.2, 0) is 4.74 Å². The molecule has 0 amide bonds. The van der Waals surface area contributed by atoms with E-state index in [4.69, 9.17) is 14.2 Å². The Morgan fingerprint density at radius 3 is 2.67 bits per heavy atom. The van der Waals surface area contributed by atoms with E-state index in [-0.39, 0.29) is 11.9 Å². The van der Waals surface area contributed by atoms with Gasteiger partial charge < -0.3 is 19.5 Å². The molecule has 1 aliphatic heterocycles. The first-order chi connectivity index (χ1) is 8.69. The average Bonchev–Trinajstić information content (AvgIpc) is 2.38. The van der Waals surface area contributed by atoms with Crippen molar-refractivity contribution in [2.24, 2.45) is 0 Å². The van der Waals surface area contributed by atoms with Crippen molar-refractivity contribution in [2.75, 3.05) is 33.9 Å². The fraction of sp³-hybridized carbons (Fsp3) is 0.500. The Hall–Kier alpha value is -0.850. The zero-order valence-electron chi connectivity index (χ0n) is 10.3. The summed E-state index contributed by atoms with van der Waals surface area (Å²) < 4.78 is 30.7. The standard InChI is InChI=1S/C12H15BrFNO3/c1-16-11-7(13)5-8(14)10(12(11)17-2)9-6-15-3-4-18-9/h5,9,15H,3-4,6H2,1-2H3. The number of benzene rings is 1. The van der Waals surface area contributed by atoms with Gasteiger partial charge in [0.2, 0.25) is 0 Å². The second kappa shape index (κ2) is 5.86. The topological polar surface area (TPSA) is 39.7 Å². The maximum Gasteiger partial charge on any atom is 0.175 e. The van der Waals surface area contributed by atoms with E-state index in [0.717, 1.165) is 6.54 Å². The molecule has 4 nitrogen and oxygen atoms in total. The maximum absolute atomic E-state index is 14.1. The third-order valence-electron chi connectivity index (χ3n) is 2.84. The van der Waals surface area contributed by atoms with Crippen molar-refractivity contribution < 1.29 is 18.6 Å². The second-order valence-electron chi connectivity index (χ2n) is 3.88. The normalized spacial score (nSPS) is 19.7. The Balaban J connectivity index is 2.49. The lowest BCUT2D eigenvalue weighted by atomic mass is 10.1. The van der Waals surface area contributed by atoms with Gasteiger partial charge in [-0.05, 0) is 22.0 Å². The van der Waals surface area contributed by atoms with Crippen LogP contribution in [0.2, 0.25) is 0 Å². The highest BCUT2D eigenvalue weighted by molar-refractivity contribution is 9.10. The van der Waals surface area contributed by atoms with Crippen molar-refractivity contribution in [3.8, 4) is 11.5 Å². The fourth-order valence-corrected chi connectivity index (χ4v) is 2.58. The molecule has 0 aliphatic carbocycles. The maximum atomic E-state index is 14.1. The summed E-state index contributed by atoms with van der Waals surface area (Å²) in [6.45, 7) is 1.87. The van der Waals surface area contributed by atoms with Gasteiger partial charge in [0.1, 0.15) is 11.9 Å². The van der Waals surface area contributed by atoms with Crippen molar-refractivity contribution in [3.05, 3.63) is 21.9 Å². The minimum Gasteiger partial charge on any atom is -0.492 e. The number of hydrogen-bond donors (Lipinski definition) is 1. The number of ether oxygens (including phenoxy) is 3. The van der Waals surface area contributed by atoms with Gasteiger partial charge in [-0.2, -0.15) is 0 Å². The first kappa shape index (κ1) is 13.6. The Labute approximate surface area is 114 Å². The number of hydrogen-bond acceptors (Lipinski definition) is 4. The predicted octanol–water partition coefficient (Wildman–Crippen LogP) is 2.27. The third-order valence-corrected chi connectivity index (χ3v) is 3.43. The molecule has 1 saturated heterocycles. The van der Waals surface area contributed by atoms with Gasteiger partial charge in [-0.1, -0.05) is 0 Å². The summed E-state index contributed by atoms with van der Waals surface area (Å²) in [5.74, 6) is 0.481. The molecule has 0 saturated carbocycles. The van der Waals surface area contributed by atoms with Crippen molar-refractivity contribution in [1.82, 2.24) is 5.32 Å².